The Morgan fingerprint density at radius 3 is 2.36 bits per heavy atom. The molecule has 1 amide bonds. The molecule has 1 heterocycles. The Morgan fingerprint density at radius 2 is 1.75 bits per heavy atom. The Morgan fingerprint density at radius 1 is 1.08 bits per heavy atom. The molecule has 3 aromatic rings. The summed E-state index contributed by atoms with van der Waals surface area (Å²) in [7, 11) is -2.28. The predicted octanol–water partition coefficient (Wildman–Crippen LogP) is 5.53. The van der Waals surface area contributed by atoms with Gasteiger partial charge in [-0.2, -0.15) is 0 Å². The van der Waals surface area contributed by atoms with Crippen LogP contribution < -0.4 is 15.4 Å². The lowest BCUT2D eigenvalue weighted by Crippen LogP contribution is -2.40. The summed E-state index contributed by atoms with van der Waals surface area (Å²) in [6.07, 6.45) is 0.935. The van der Waals surface area contributed by atoms with Crippen LogP contribution in [0.3, 0.4) is 0 Å². The standard InChI is InChI=1S/C25H32N4O5S2/c1-16(2)34-24(30)28-18-9-7-17(8-10-18)23-26-14-21(35-23)20-12-11-19(27-15-33-6)13-22(20)36(31,32)29-25(3,4)5/h7-14,16,27,29H,15H2,1-6H3,(H,28,30). The first kappa shape index (κ1) is 27.6. The van der Waals surface area contributed by atoms with Crippen LogP contribution in [0.25, 0.3) is 21.0 Å². The maximum Gasteiger partial charge on any atom is 0.411 e. The summed E-state index contributed by atoms with van der Waals surface area (Å²) in [5.74, 6) is 0. The monoisotopic (exact) mass is 532 g/mol. The highest BCUT2D eigenvalue weighted by atomic mass is 32.2. The fraction of sp³-hybridized carbons (Fsp3) is 0.360. The predicted molar refractivity (Wildman–Crippen MR) is 144 cm³/mol. The van der Waals surface area contributed by atoms with Crippen molar-refractivity contribution in [1.82, 2.24) is 9.71 Å². The summed E-state index contributed by atoms with van der Waals surface area (Å²) < 4.78 is 39.5. The molecule has 9 nitrogen and oxygen atoms in total. The van der Waals surface area contributed by atoms with Gasteiger partial charge >= 0.3 is 6.09 Å². The molecule has 11 heteroatoms. The Hall–Kier alpha value is -2.99. The van der Waals surface area contributed by atoms with Gasteiger partial charge in [0.1, 0.15) is 11.7 Å². The van der Waals surface area contributed by atoms with Crippen LogP contribution in [0.1, 0.15) is 34.6 Å². The number of hydrogen-bond acceptors (Lipinski definition) is 8. The lowest BCUT2D eigenvalue weighted by molar-refractivity contribution is 0.130. The third-order valence-corrected chi connectivity index (χ3v) is 7.50. The molecule has 0 unspecified atom stereocenters. The molecular weight excluding hydrogens is 500 g/mol. The summed E-state index contributed by atoms with van der Waals surface area (Å²) in [4.78, 5) is 17.2. The Balaban J connectivity index is 1.92. The van der Waals surface area contributed by atoms with Crippen molar-refractivity contribution in [3.63, 3.8) is 0 Å². The SMILES string of the molecule is COCNc1ccc(-c2cnc(-c3ccc(NC(=O)OC(C)C)cc3)s2)c(S(=O)(=O)NC(C)(C)C)c1. The normalized spacial score (nSPS) is 12.0. The molecule has 3 N–H and O–H groups in total. The largest absolute Gasteiger partial charge is 0.447 e. The van der Waals surface area contributed by atoms with Gasteiger partial charge in [0.2, 0.25) is 10.0 Å². The number of ether oxygens (including phenoxy) is 2. The van der Waals surface area contributed by atoms with Gasteiger partial charge < -0.3 is 14.8 Å². The number of sulfonamides is 1. The number of carbonyl (C=O) groups is 1. The van der Waals surface area contributed by atoms with E-state index in [2.05, 4.69) is 20.3 Å². The molecule has 194 valence electrons. The van der Waals surface area contributed by atoms with Crippen molar-refractivity contribution < 1.29 is 22.7 Å². The first-order valence-electron chi connectivity index (χ1n) is 11.3. The maximum atomic E-state index is 13.3. The van der Waals surface area contributed by atoms with Crippen LogP contribution in [0.15, 0.2) is 53.6 Å². The van der Waals surface area contributed by atoms with E-state index in [1.807, 2.05) is 12.1 Å². The van der Waals surface area contributed by atoms with Gasteiger partial charge in [-0.3, -0.25) is 5.32 Å². The molecule has 0 bridgehead atoms. The average Bonchev–Trinajstić information content (AvgIpc) is 3.26. The molecule has 0 atom stereocenters. The van der Waals surface area contributed by atoms with Crippen molar-refractivity contribution in [2.75, 3.05) is 24.5 Å². The zero-order chi connectivity index (χ0) is 26.5. The van der Waals surface area contributed by atoms with Gasteiger partial charge in [0.25, 0.3) is 0 Å². The van der Waals surface area contributed by atoms with E-state index in [0.717, 1.165) is 10.6 Å². The van der Waals surface area contributed by atoms with E-state index in [-0.39, 0.29) is 17.7 Å². The summed E-state index contributed by atoms with van der Waals surface area (Å²) in [5.41, 5.74) is 1.96. The number of nitrogens with zero attached hydrogens (tertiary/aromatic N) is 1. The van der Waals surface area contributed by atoms with E-state index < -0.39 is 21.7 Å². The molecule has 0 aliphatic rings. The van der Waals surface area contributed by atoms with Crippen LogP contribution in [-0.2, 0) is 19.5 Å². The van der Waals surface area contributed by atoms with Gasteiger partial charge in [-0.05, 0) is 71.0 Å². The number of rotatable bonds is 9. The second-order valence-corrected chi connectivity index (χ2v) is 12.0. The molecule has 0 radical (unpaired) electrons. The Labute approximate surface area is 216 Å². The van der Waals surface area contributed by atoms with Gasteiger partial charge in [-0.15, -0.1) is 11.3 Å². The number of aromatic nitrogens is 1. The molecule has 36 heavy (non-hydrogen) atoms. The van der Waals surface area contributed by atoms with Crippen molar-refractivity contribution in [2.45, 2.75) is 51.2 Å². The fourth-order valence-electron chi connectivity index (χ4n) is 3.26. The number of anilines is 2. The quantitative estimate of drug-likeness (QED) is 0.310. The van der Waals surface area contributed by atoms with E-state index in [9.17, 15) is 13.2 Å². The van der Waals surface area contributed by atoms with Crippen molar-refractivity contribution in [2.24, 2.45) is 0 Å². The number of nitrogens with one attached hydrogen (secondary N) is 3. The lowest BCUT2D eigenvalue weighted by Gasteiger charge is -2.22. The smallest absolute Gasteiger partial charge is 0.411 e. The molecule has 0 fully saturated rings. The van der Waals surface area contributed by atoms with Crippen LogP contribution in [0, 0.1) is 0 Å². The van der Waals surface area contributed by atoms with Crippen LogP contribution in [-0.4, -0.2) is 45.0 Å². The van der Waals surface area contributed by atoms with Gasteiger partial charge in [-0.25, -0.2) is 22.9 Å². The average molecular weight is 533 g/mol. The lowest BCUT2D eigenvalue weighted by atomic mass is 10.1. The van der Waals surface area contributed by atoms with Crippen molar-refractivity contribution in [3.8, 4) is 21.0 Å². The number of methoxy groups -OCH3 is 1. The number of carbonyl (C=O) groups excluding carboxylic acids is 1. The van der Waals surface area contributed by atoms with Crippen LogP contribution in [0.4, 0.5) is 16.2 Å². The first-order valence-corrected chi connectivity index (χ1v) is 13.6. The summed E-state index contributed by atoms with van der Waals surface area (Å²) in [6.45, 7) is 9.19. The molecule has 0 aliphatic heterocycles. The number of amides is 1. The van der Waals surface area contributed by atoms with Gasteiger partial charge in [0, 0.05) is 41.3 Å². The summed E-state index contributed by atoms with van der Waals surface area (Å²) in [6, 6.07) is 12.4. The first-order chi connectivity index (χ1) is 16.9. The van der Waals surface area contributed by atoms with Gasteiger partial charge in [0.15, 0.2) is 0 Å². The summed E-state index contributed by atoms with van der Waals surface area (Å²) in [5, 5.41) is 6.44. The highest BCUT2D eigenvalue weighted by molar-refractivity contribution is 7.89. The molecule has 0 saturated carbocycles. The minimum Gasteiger partial charge on any atom is -0.447 e. The van der Waals surface area contributed by atoms with E-state index in [1.165, 1.54) is 11.3 Å². The molecule has 0 saturated heterocycles. The Kier molecular flexibility index (Phi) is 8.72. The molecule has 1 aromatic heterocycles. The molecule has 0 spiro atoms. The van der Waals surface area contributed by atoms with Crippen LogP contribution in [0.5, 0.6) is 0 Å². The van der Waals surface area contributed by atoms with E-state index in [1.54, 1.807) is 78.3 Å². The molecule has 2 aromatic carbocycles. The zero-order valence-electron chi connectivity index (χ0n) is 21.2. The van der Waals surface area contributed by atoms with E-state index >= 15 is 0 Å². The maximum absolute atomic E-state index is 13.3. The second-order valence-electron chi connectivity index (χ2n) is 9.36. The van der Waals surface area contributed by atoms with E-state index in [0.29, 0.717) is 21.8 Å². The molecule has 3 rings (SSSR count). The van der Waals surface area contributed by atoms with Gasteiger partial charge in [0.05, 0.1) is 15.9 Å². The van der Waals surface area contributed by atoms with Crippen LogP contribution in [0.2, 0.25) is 0 Å². The highest BCUT2D eigenvalue weighted by Crippen LogP contribution is 2.37. The number of benzene rings is 2. The minimum atomic E-state index is -3.83. The molecular formula is C25H32N4O5S2. The fourth-order valence-corrected chi connectivity index (χ4v) is 5.95. The highest BCUT2D eigenvalue weighted by Gasteiger charge is 2.26. The van der Waals surface area contributed by atoms with Gasteiger partial charge in [-0.1, -0.05) is 6.07 Å². The Bertz CT molecular complexity index is 1300. The number of hydrogen-bond donors (Lipinski definition) is 3. The topological polar surface area (TPSA) is 119 Å². The van der Waals surface area contributed by atoms with Crippen molar-refractivity contribution in [3.05, 3.63) is 48.7 Å². The van der Waals surface area contributed by atoms with Crippen LogP contribution >= 0.6 is 11.3 Å². The third-order valence-electron chi connectivity index (χ3n) is 4.62. The second kappa shape index (κ2) is 11.4. The third kappa shape index (κ3) is 7.50. The number of thiazole rings is 1. The zero-order valence-corrected chi connectivity index (χ0v) is 22.8. The van der Waals surface area contributed by atoms with Crippen molar-refractivity contribution in [1.29, 1.82) is 0 Å². The molecule has 0 aliphatic carbocycles. The minimum absolute atomic E-state index is 0.150. The van der Waals surface area contributed by atoms with E-state index in [4.69, 9.17) is 9.47 Å². The summed E-state index contributed by atoms with van der Waals surface area (Å²) >= 11 is 1.38. The van der Waals surface area contributed by atoms with Crippen molar-refractivity contribution >= 4 is 38.8 Å².